The Balaban J connectivity index is 2.39. The molecule has 0 saturated heterocycles. The lowest BCUT2D eigenvalue weighted by Gasteiger charge is -2.23. The first-order valence-corrected chi connectivity index (χ1v) is 6.76. The third-order valence-corrected chi connectivity index (χ3v) is 3.45. The summed E-state index contributed by atoms with van der Waals surface area (Å²) in [6, 6.07) is 9.46. The Bertz CT molecular complexity index is 585. The van der Waals surface area contributed by atoms with E-state index < -0.39 is 10.6 Å². The molecule has 1 aliphatic rings. The molecule has 20 heavy (non-hydrogen) atoms. The highest BCUT2D eigenvalue weighted by Gasteiger charge is 2.49. The highest BCUT2D eigenvalue weighted by molar-refractivity contribution is 9.11. The molecule has 0 spiro atoms. The van der Waals surface area contributed by atoms with Crippen molar-refractivity contribution in [1.82, 2.24) is 5.32 Å². The maximum absolute atomic E-state index is 11.3. The Morgan fingerprint density at radius 1 is 1.45 bits per heavy atom. The molecule has 6 nitrogen and oxygen atoms in total. The molecule has 0 radical (unpaired) electrons. The van der Waals surface area contributed by atoms with Crippen LogP contribution in [0.15, 0.2) is 63.5 Å². The summed E-state index contributed by atoms with van der Waals surface area (Å²) in [5, 5.41) is 22.3. The van der Waals surface area contributed by atoms with Crippen molar-refractivity contribution in [3.8, 4) is 0 Å². The molecule has 1 aliphatic heterocycles. The zero-order chi connectivity index (χ0) is 14.6. The lowest BCUT2D eigenvalue weighted by atomic mass is 9.97. The number of azo groups is 1. The number of hydrogen-bond donors (Lipinski definition) is 1. The van der Waals surface area contributed by atoms with E-state index in [4.69, 9.17) is 0 Å². The quantitative estimate of drug-likeness (QED) is 0.375. The van der Waals surface area contributed by atoms with E-state index in [1.807, 2.05) is 30.3 Å². The van der Waals surface area contributed by atoms with E-state index in [2.05, 4.69) is 38.1 Å². The standard InChI is InChI=1S/C13H13BrN4O2/c1-2-8-15-13(9-10-6-4-3-5-7-10)11(18(19)20)12(14)16-17-13/h2-7,15H,1,8-9H2. The highest BCUT2D eigenvalue weighted by atomic mass is 79.9. The fourth-order valence-corrected chi connectivity index (χ4v) is 2.61. The molecule has 7 heteroatoms. The van der Waals surface area contributed by atoms with E-state index in [0.717, 1.165) is 5.56 Å². The monoisotopic (exact) mass is 336 g/mol. The Morgan fingerprint density at radius 2 is 2.15 bits per heavy atom. The van der Waals surface area contributed by atoms with Gasteiger partial charge in [0.05, 0.1) is 4.92 Å². The number of halogens is 1. The van der Waals surface area contributed by atoms with Crippen LogP contribution >= 0.6 is 15.9 Å². The van der Waals surface area contributed by atoms with Crippen molar-refractivity contribution >= 4 is 15.9 Å². The van der Waals surface area contributed by atoms with Crippen LogP contribution in [0.3, 0.4) is 0 Å². The molecule has 0 bridgehead atoms. The first-order valence-electron chi connectivity index (χ1n) is 5.96. The fourth-order valence-electron chi connectivity index (χ4n) is 2.05. The predicted octanol–water partition coefficient (Wildman–Crippen LogP) is 3.01. The molecule has 1 N–H and O–H groups in total. The van der Waals surface area contributed by atoms with Gasteiger partial charge in [0.2, 0.25) is 10.3 Å². The molecule has 2 rings (SSSR count). The average Bonchev–Trinajstić information content (AvgIpc) is 2.75. The van der Waals surface area contributed by atoms with Crippen LogP contribution in [-0.4, -0.2) is 17.1 Å². The number of rotatable bonds is 6. The molecule has 0 saturated carbocycles. The SMILES string of the molecule is C=CCNC1(Cc2ccccc2)N=NC(Br)=C1[N+](=O)[O-]. The molecule has 0 fully saturated rings. The molecule has 0 amide bonds. The third kappa shape index (κ3) is 2.83. The Morgan fingerprint density at radius 3 is 2.75 bits per heavy atom. The van der Waals surface area contributed by atoms with E-state index in [1.165, 1.54) is 0 Å². The van der Waals surface area contributed by atoms with Crippen LogP contribution in [0.1, 0.15) is 5.56 Å². The minimum absolute atomic E-state index is 0.0804. The van der Waals surface area contributed by atoms with Crippen LogP contribution < -0.4 is 5.32 Å². The lowest BCUT2D eigenvalue weighted by Crippen LogP contribution is -2.48. The second-order valence-corrected chi connectivity index (χ2v) is 5.04. The second kappa shape index (κ2) is 6.06. The Labute approximate surface area is 124 Å². The predicted molar refractivity (Wildman–Crippen MR) is 78.9 cm³/mol. The van der Waals surface area contributed by atoms with Gasteiger partial charge in [-0.3, -0.25) is 15.4 Å². The van der Waals surface area contributed by atoms with Crippen LogP contribution in [0, 0.1) is 10.1 Å². The largest absolute Gasteiger partial charge is 0.324 e. The average molecular weight is 337 g/mol. The van der Waals surface area contributed by atoms with Gasteiger partial charge >= 0.3 is 5.70 Å². The highest BCUT2D eigenvalue weighted by Crippen LogP contribution is 2.36. The van der Waals surface area contributed by atoms with Crippen molar-refractivity contribution < 1.29 is 4.92 Å². The molecule has 104 valence electrons. The molecule has 1 aromatic rings. The van der Waals surface area contributed by atoms with Crippen LogP contribution in [0.2, 0.25) is 0 Å². The minimum Gasteiger partial charge on any atom is -0.279 e. The number of nitrogens with zero attached hydrogens (tertiary/aromatic N) is 3. The maximum Gasteiger partial charge on any atom is 0.324 e. The lowest BCUT2D eigenvalue weighted by molar-refractivity contribution is -0.435. The summed E-state index contributed by atoms with van der Waals surface area (Å²) in [7, 11) is 0. The van der Waals surface area contributed by atoms with Gasteiger partial charge in [-0.15, -0.1) is 11.7 Å². The van der Waals surface area contributed by atoms with Crippen LogP contribution in [0.25, 0.3) is 0 Å². The normalized spacial score (nSPS) is 21.2. The van der Waals surface area contributed by atoms with E-state index in [-0.39, 0.29) is 10.3 Å². The Hall–Kier alpha value is -1.86. The smallest absolute Gasteiger partial charge is 0.279 e. The van der Waals surface area contributed by atoms with Gasteiger partial charge in [0.25, 0.3) is 0 Å². The van der Waals surface area contributed by atoms with Gasteiger partial charge in [-0.1, -0.05) is 36.4 Å². The zero-order valence-corrected chi connectivity index (χ0v) is 12.2. The first-order chi connectivity index (χ1) is 9.59. The third-order valence-electron chi connectivity index (χ3n) is 2.92. The van der Waals surface area contributed by atoms with Gasteiger partial charge in [0, 0.05) is 13.0 Å². The first kappa shape index (κ1) is 14.5. The van der Waals surface area contributed by atoms with Crippen molar-refractivity contribution in [2.75, 3.05) is 6.54 Å². The van der Waals surface area contributed by atoms with Gasteiger partial charge in [0.15, 0.2) is 0 Å². The van der Waals surface area contributed by atoms with Crippen molar-refractivity contribution in [2.45, 2.75) is 12.1 Å². The van der Waals surface area contributed by atoms with Crippen molar-refractivity contribution in [1.29, 1.82) is 0 Å². The zero-order valence-electron chi connectivity index (χ0n) is 10.6. The maximum atomic E-state index is 11.3. The second-order valence-electron chi connectivity index (χ2n) is 4.29. The van der Waals surface area contributed by atoms with Crippen molar-refractivity contribution in [3.05, 3.63) is 69.0 Å². The summed E-state index contributed by atoms with van der Waals surface area (Å²) in [6.07, 6.45) is 1.97. The number of nitrogens with one attached hydrogen (secondary N) is 1. The van der Waals surface area contributed by atoms with E-state index >= 15 is 0 Å². The molecule has 0 aliphatic carbocycles. The summed E-state index contributed by atoms with van der Waals surface area (Å²) in [5.41, 5.74) is -0.314. The van der Waals surface area contributed by atoms with E-state index in [1.54, 1.807) is 6.08 Å². The summed E-state index contributed by atoms with van der Waals surface area (Å²) < 4.78 is 0.148. The molecular weight excluding hydrogens is 324 g/mol. The van der Waals surface area contributed by atoms with Crippen LogP contribution in [0.5, 0.6) is 0 Å². The van der Waals surface area contributed by atoms with Gasteiger partial charge in [-0.25, -0.2) is 0 Å². The van der Waals surface area contributed by atoms with Crippen LogP contribution in [-0.2, 0) is 6.42 Å². The van der Waals surface area contributed by atoms with Crippen LogP contribution in [0.4, 0.5) is 0 Å². The number of nitro groups is 1. The van der Waals surface area contributed by atoms with Crippen molar-refractivity contribution in [3.63, 3.8) is 0 Å². The summed E-state index contributed by atoms with van der Waals surface area (Å²) in [4.78, 5) is 10.9. The number of benzene rings is 1. The van der Waals surface area contributed by atoms with E-state index in [9.17, 15) is 10.1 Å². The number of hydrogen-bond acceptors (Lipinski definition) is 5. The summed E-state index contributed by atoms with van der Waals surface area (Å²) >= 11 is 3.10. The molecule has 1 atom stereocenters. The molecule has 0 aromatic heterocycles. The fraction of sp³-hybridized carbons (Fsp3) is 0.231. The topological polar surface area (TPSA) is 79.9 Å². The van der Waals surface area contributed by atoms with Gasteiger partial charge in [-0.2, -0.15) is 5.11 Å². The van der Waals surface area contributed by atoms with Gasteiger partial charge in [-0.05, 0) is 21.5 Å². The molecule has 1 heterocycles. The molecule has 1 unspecified atom stereocenters. The van der Waals surface area contributed by atoms with Gasteiger partial charge < -0.3 is 0 Å². The molecular formula is C13H13BrN4O2. The van der Waals surface area contributed by atoms with Gasteiger partial charge in [0.1, 0.15) is 0 Å². The summed E-state index contributed by atoms with van der Waals surface area (Å²) in [5.74, 6) is 0. The minimum atomic E-state index is -1.17. The van der Waals surface area contributed by atoms with Crippen molar-refractivity contribution in [2.24, 2.45) is 10.2 Å². The Kier molecular flexibility index (Phi) is 4.41. The summed E-state index contributed by atoms with van der Waals surface area (Å²) in [6.45, 7) is 4.01. The van der Waals surface area contributed by atoms with E-state index in [0.29, 0.717) is 13.0 Å². The molecule has 1 aromatic carbocycles.